The normalized spacial score (nSPS) is 9.33. The number of para-hydroxylation sites is 2. The van der Waals surface area contributed by atoms with Gasteiger partial charge in [0.15, 0.2) is 0 Å². The molecule has 0 atom stereocenters. The van der Waals surface area contributed by atoms with Crippen LogP contribution in [0, 0.1) is 0 Å². The van der Waals surface area contributed by atoms with Gasteiger partial charge in [-0.3, -0.25) is 4.98 Å². The molecule has 2 nitrogen and oxygen atoms in total. The molecule has 0 aliphatic carbocycles. The van der Waals surface area contributed by atoms with Gasteiger partial charge in [-0.2, -0.15) is 0 Å². The fourth-order valence-electron chi connectivity index (χ4n) is 0.929. The van der Waals surface area contributed by atoms with Crippen LogP contribution in [0.4, 0.5) is 0 Å². The van der Waals surface area contributed by atoms with Crippen molar-refractivity contribution < 1.29 is 22.4 Å². The van der Waals surface area contributed by atoms with E-state index in [9.17, 15) is 0 Å². The number of hydrogen-bond donors (Lipinski definition) is 1. The summed E-state index contributed by atoms with van der Waals surface area (Å²) in [6.07, 6.45) is 0. The molecule has 1 heterocycles. The number of imidazole rings is 1. The van der Waals surface area contributed by atoms with E-state index in [0.29, 0.717) is 13.1 Å². The predicted molar refractivity (Wildman–Crippen MR) is 66.4 cm³/mol. The summed E-state index contributed by atoms with van der Waals surface area (Å²) in [4.78, 5) is 7.03. The summed E-state index contributed by atoms with van der Waals surface area (Å²) in [6, 6.07) is 7.78. The minimum Gasteiger partial charge on any atom is -0.742 e. The minimum absolute atomic E-state index is 0. The smallest absolute Gasteiger partial charge is 0.742 e. The number of H-pyrrole nitrogens is 1. The third kappa shape index (κ3) is 5.64. The van der Waals surface area contributed by atoms with Crippen molar-refractivity contribution in [2.24, 2.45) is 0 Å². The van der Waals surface area contributed by atoms with E-state index in [1.165, 1.54) is 0 Å². The SMILES string of the molecule is CP(C)C.[Au+].[S-]c1nc2ccccc2[nH]1. The Bertz CT molecular complexity index is 367. The molecule has 86 valence electrons. The summed E-state index contributed by atoms with van der Waals surface area (Å²) in [6.45, 7) is 6.69. The third-order valence-electron chi connectivity index (χ3n) is 1.37. The molecule has 0 saturated carbocycles. The molecule has 0 bridgehead atoms. The Morgan fingerprint density at radius 1 is 1.20 bits per heavy atom. The van der Waals surface area contributed by atoms with Crippen molar-refractivity contribution in [1.29, 1.82) is 0 Å². The fraction of sp³-hybridized carbons (Fsp3) is 0.300. The molecule has 2 aromatic rings. The summed E-state index contributed by atoms with van der Waals surface area (Å²) in [7, 11) is 0.380. The van der Waals surface area contributed by atoms with E-state index in [2.05, 4.69) is 30.0 Å². The van der Waals surface area contributed by atoms with E-state index in [1.54, 1.807) is 0 Å². The van der Waals surface area contributed by atoms with E-state index in [1.807, 2.05) is 24.3 Å². The van der Waals surface area contributed by atoms with Crippen LogP contribution in [-0.4, -0.2) is 30.0 Å². The number of aromatic amines is 1. The molecule has 0 fully saturated rings. The van der Waals surface area contributed by atoms with Crippen molar-refractivity contribution >= 4 is 31.6 Å². The van der Waals surface area contributed by atoms with Crippen molar-refractivity contribution in [2.45, 2.75) is 5.16 Å². The van der Waals surface area contributed by atoms with Gasteiger partial charge in [0, 0.05) is 0 Å². The molecule has 15 heavy (non-hydrogen) atoms. The Labute approximate surface area is 113 Å². The standard InChI is InChI=1S/C7H6N2S.C3H9P.Au/c10-7-8-5-3-1-2-4-6(5)9-7;1-4(2)3;/h1-4H,(H2,8,9,10);1-3H3;/q;;+1/p-1. The molecule has 0 radical (unpaired) electrons. The molecule has 0 saturated heterocycles. The van der Waals surface area contributed by atoms with Gasteiger partial charge >= 0.3 is 22.4 Å². The van der Waals surface area contributed by atoms with Gasteiger partial charge in [0.1, 0.15) is 0 Å². The van der Waals surface area contributed by atoms with E-state index >= 15 is 0 Å². The topological polar surface area (TPSA) is 28.7 Å². The van der Waals surface area contributed by atoms with Crippen LogP contribution in [0.1, 0.15) is 0 Å². The first kappa shape index (κ1) is 15.1. The fourth-order valence-corrected chi connectivity index (χ4v) is 1.14. The average molecular weight is 422 g/mol. The Balaban J connectivity index is 0.000000346. The Morgan fingerprint density at radius 2 is 1.73 bits per heavy atom. The Hall–Kier alpha value is 0.0803. The van der Waals surface area contributed by atoms with Crippen molar-refractivity contribution in [1.82, 2.24) is 9.97 Å². The van der Waals surface area contributed by atoms with E-state index in [4.69, 9.17) is 12.6 Å². The van der Waals surface area contributed by atoms with Crippen LogP contribution >= 0.6 is 7.92 Å². The number of benzene rings is 1. The van der Waals surface area contributed by atoms with Crippen LogP contribution in [0.3, 0.4) is 0 Å². The van der Waals surface area contributed by atoms with Gasteiger partial charge in [0.2, 0.25) is 0 Å². The van der Waals surface area contributed by atoms with E-state index in [-0.39, 0.29) is 22.4 Å². The molecule has 1 N–H and O–H groups in total. The number of nitrogens with zero attached hydrogens (tertiary/aromatic N) is 1. The molecule has 5 heteroatoms. The van der Waals surface area contributed by atoms with Crippen molar-refractivity contribution in [3.8, 4) is 0 Å². The molecule has 1 aromatic heterocycles. The zero-order chi connectivity index (χ0) is 10.6. The van der Waals surface area contributed by atoms with Gasteiger partial charge < -0.3 is 17.6 Å². The predicted octanol–water partition coefficient (Wildman–Crippen LogP) is 2.82. The first-order chi connectivity index (χ1) is 6.59. The van der Waals surface area contributed by atoms with Crippen LogP contribution < -0.4 is 0 Å². The number of fused-ring (bicyclic) bond motifs is 1. The molecular formula is C10H14AuN2PS. The maximum Gasteiger partial charge on any atom is 1.00 e. The monoisotopic (exact) mass is 422 g/mol. The largest absolute Gasteiger partial charge is 1.00 e. The van der Waals surface area contributed by atoms with Crippen LogP contribution in [0.2, 0.25) is 0 Å². The van der Waals surface area contributed by atoms with Gasteiger partial charge in [-0.25, -0.2) is 0 Å². The van der Waals surface area contributed by atoms with Gasteiger partial charge in [-0.15, -0.1) is 7.92 Å². The second kappa shape index (κ2) is 7.37. The maximum absolute atomic E-state index is 4.85. The van der Waals surface area contributed by atoms with Crippen LogP contribution in [0.5, 0.6) is 0 Å². The van der Waals surface area contributed by atoms with Crippen LogP contribution in [-0.2, 0) is 35.0 Å². The second-order valence-corrected chi connectivity index (χ2v) is 6.47. The van der Waals surface area contributed by atoms with Crippen molar-refractivity contribution in [3.05, 3.63) is 24.3 Å². The van der Waals surface area contributed by atoms with Gasteiger partial charge in [-0.1, -0.05) is 12.1 Å². The number of rotatable bonds is 0. The molecule has 0 spiro atoms. The first-order valence-electron chi connectivity index (χ1n) is 4.32. The summed E-state index contributed by atoms with van der Waals surface area (Å²) in [5.74, 6) is 0. The van der Waals surface area contributed by atoms with Crippen LogP contribution in [0.15, 0.2) is 29.4 Å². The first-order valence-corrected chi connectivity index (χ1v) is 7.41. The Kier molecular flexibility index (Phi) is 7.41. The summed E-state index contributed by atoms with van der Waals surface area (Å²) in [5.41, 5.74) is 1.94. The molecule has 0 aliphatic heterocycles. The van der Waals surface area contributed by atoms with E-state index < -0.39 is 0 Å². The zero-order valence-corrected chi connectivity index (χ0v) is 12.8. The van der Waals surface area contributed by atoms with Crippen LogP contribution in [0.25, 0.3) is 11.0 Å². The number of nitrogens with one attached hydrogen (secondary N) is 1. The van der Waals surface area contributed by atoms with Crippen molar-refractivity contribution in [2.75, 3.05) is 20.0 Å². The maximum atomic E-state index is 4.85. The quantitative estimate of drug-likeness (QED) is 0.402. The molecule has 0 unspecified atom stereocenters. The molecule has 1 aromatic carbocycles. The minimum atomic E-state index is 0. The third-order valence-corrected chi connectivity index (χ3v) is 1.56. The molecular weight excluding hydrogens is 408 g/mol. The van der Waals surface area contributed by atoms with E-state index in [0.717, 1.165) is 11.0 Å². The van der Waals surface area contributed by atoms with Crippen molar-refractivity contribution in [3.63, 3.8) is 0 Å². The molecule has 2 rings (SSSR count). The number of aromatic nitrogens is 2. The molecule has 0 amide bonds. The number of hydrogen-bond acceptors (Lipinski definition) is 2. The summed E-state index contributed by atoms with van der Waals surface area (Å²) < 4.78 is 0. The van der Waals surface area contributed by atoms with Gasteiger partial charge in [0.05, 0.1) is 11.0 Å². The average Bonchev–Trinajstić information content (AvgIpc) is 2.42. The molecule has 0 aliphatic rings. The van der Waals surface area contributed by atoms with Gasteiger partial charge in [-0.05, 0) is 37.3 Å². The summed E-state index contributed by atoms with van der Waals surface area (Å²) in [5, 5.41) is 0.557. The second-order valence-electron chi connectivity index (χ2n) is 3.40. The van der Waals surface area contributed by atoms with Gasteiger partial charge in [0.25, 0.3) is 0 Å². The zero-order valence-electron chi connectivity index (χ0n) is 8.91. The summed E-state index contributed by atoms with van der Waals surface area (Å²) >= 11 is 4.85. The Morgan fingerprint density at radius 3 is 2.27 bits per heavy atom.